The van der Waals surface area contributed by atoms with Gasteiger partial charge in [0.05, 0.1) is 0 Å². The minimum absolute atomic E-state index is 0. The van der Waals surface area contributed by atoms with E-state index >= 15 is 0 Å². The molecule has 0 aliphatic rings. The van der Waals surface area contributed by atoms with Crippen molar-refractivity contribution in [2.45, 2.75) is 71.1 Å². The third-order valence-electron chi connectivity index (χ3n) is 2.49. The van der Waals surface area contributed by atoms with Crippen LogP contribution in [-0.2, 0) is 4.79 Å². The molecule has 0 aromatic carbocycles. The summed E-state index contributed by atoms with van der Waals surface area (Å²) in [5, 5.41) is 8.41. The van der Waals surface area contributed by atoms with Crippen LogP contribution in [0.2, 0.25) is 0 Å². The summed E-state index contributed by atoms with van der Waals surface area (Å²) in [7, 11) is -4.61. The summed E-state index contributed by atoms with van der Waals surface area (Å²) in [6.45, 7) is 2.23. The number of hydrogen-bond donors (Lipinski definition) is 5. The molecule has 0 amide bonds. The first kappa shape index (κ1) is 25.5. The summed E-state index contributed by atoms with van der Waals surface area (Å²) in [6.07, 6.45) is 11.5. The second-order valence-electron chi connectivity index (χ2n) is 4.57. The zero-order valence-electron chi connectivity index (χ0n) is 11.7. The topological polar surface area (TPSA) is 118 Å². The van der Waals surface area contributed by atoms with Crippen LogP contribution < -0.4 is 0 Å². The molecule has 0 aliphatic carbocycles. The fourth-order valence-electron chi connectivity index (χ4n) is 1.59. The Morgan fingerprint density at radius 2 is 1.10 bits per heavy atom. The summed E-state index contributed by atoms with van der Waals surface area (Å²) >= 11 is 0. The molecule has 0 aliphatic heterocycles. The number of unbranched alkanes of at least 4 members (excludes halogenated alkanes) is 8. The van der Waals surface area contributed by atoms with Crippen LogP contribution in [0.3, 0.4) is 0 Å². The van der Waals surface area contributed by atoms with Gasteiger partial charge in [0, 0.05) is 6.42 Å². The van der Waals surface area contributed by atoms with E-state index in [2.05, 4.69) is 6.92 Å². The van der Waals surface area contributed by atoms with Crippen molar-refractivity contribution in [1.29, 1.82) is 0 Å². The molecule has 0 rings (SSSR count). The molecule has 5 N–H and O–H groups in total. The van der Waals surface area contributed by atoms with Gasteiger partial charge < -0.3 is 24.3 Å². The fourth-order valence-corrected chi connectivity index (χ4v) is 1.59. The first-order valence-corrected chi connectivity index (χ1v) is 8.67. The zero-order chi connectivity index (χ0) is 15.1. The fraction of sp³-hybridized carbons (Fsp3) is 0.917. The van der Waals surface area contributed by atoms with E-state index in [0.717, 1.165) is 12.8 Å². The van der Waals surface area contributed by atoms with E-state index in [9.17, 15) is 4.79 Å². The predicted octanol–water partition coefficient (Wildman–Crippen LogP) is 0.735. The molecule has 8 heteroatoms. The summed E-state index contributed by atoms with van der Waals surface area (Å²) in [6, 6.07) is 0. The van der Waals surface area contributed by atoms with Crippen LogP contribution in [0, 0.1) is 0 Å². The molecule has 6 nitrogen and oxygen atoms in total. The molecule has 0 saturated carbocycles. The Labute approximate surface area is 144 Å². The first-order valence-electron chi connectivity index (χ1n) is 6.88. The number of carbonyl (C=O) groups is 1. The van der Waals surface area contributed by atoms with Crippen LogP contribution in [0.25, 0.3) is 0 Å². The Hall–Kier alpha value is 0.527. The Morgan fingerprint density at radius 1 is 0.800 bits per heavy atom. The molecule has 118 valence electrons. The molecule has 0 atom stereocenters. The zero-order valence-corrected chi connectivity index (χ0v) is 12.7. The van der Waals surface area contributed by atoms with Crippen LogP contribution >= 0.6 is 0 Å². The van der Waals surface area contributed by atoms with Gasteiger partial charge in [0.1, 0.15) is 0 Å². The van der Waals surface area contributed by atoms with Crippen molar-refractivity contribution in [2.75, 3.05) is 0 Å². The van der Waals surface area contributed by atoms with E-state index in [1.54, 1.807) is 0 Å². The van der Waals surface area contributed by atoms with Gasteiger partial charge in [-0.3, -0.25) is 4.79 Å². The number of carboxylic acid groups (broad SMARTS) is 1. The van der Waals surface area contributed by atoms with E-state index in [1.807, 2.05) is 0 Å². The van der Waals surface area contributed by atoms with E-state index < -0.39 is 15.0 Å². The van der Waals surface area contributed by atoms with Crippen molar-refractivity contribution in [2.24, 2.45) is 0 Å². The van der Waals surface area contributed by atoms with Crippen molar-refractivity contribution >= 4 is 44.6 Å². The predicted molar refractivity (Wildman–Crippen MR) is 81.3 cm³/mol. The van der Waals surface area contributed by atoms with E-state index in [1.165, 1.54) is 44.9 Å². The number of carboxylic acids is 1. The van der Waals surface area contributed by atoms with Crippen molar-refractivity contribution < 1.29 is 29.1 Å². The number of hydrogen-bond acceptors (Lipinski definition) is 5. The van der Waals surface area contributed by atoms with Gasteiger partial charge in [0.2, 0.25) is 0 Å². The van der Waals surface area contributed by atoms with Gasteiger partial charge in [-0.2, -0.15) is 0 Å². The summed E-state index contributed by atoms with van der Waals surface area (Å²) < 4.78 is 0. The van der Waals surface area contributed by atoms with Crippen LogP contribution in [0.5, 0.6) is 0 Å². The Morgan fingerprint density at radius 3 is 1.40 bits per heavy atom. The molecule has 0 radical (unpaired) electrons. The molecule has 0 aromatic rings. The maximum atomic E-state index is 10.2. The minimum atomic E-state index is -4.61. The molecule has 0 bridgehead atoms. The SMILES string of the molecule is CCCCCCCCCCCC(=O)O.O[Si](O)(O)O.[NaH]. The van der Waals surface area contributed by atoms with Gasteiger partial charge in [-0.05, 0) is 6.42 Å². The molecular formula is C12H29NaO6Si. The molecule has 0 spiro atoms. The molecule has 0 unspecified atom stereocenters. The van der Waals surface area contributed by atoms with Crippen molar-refractivity contribution in [3.8, 4) is 0 Å². The second kappa shape index (κ2) is 17.6. The van der Waals surface area contributed by atoms with Gasteiger partial charge in [-0.15, -0.1) is 0 Å². The normalized spacial score (nSPS) is 10.2. The van der Waals surface area contributed by atoms with Crippen LogP contribution in [0.4, 0.5) is 0 Å². The molecule has 0 fully saturated rings. The van der Waals surface area contributed by atoms with E-state index in [4.69, 9.17) is 24.3 Å². The van der Waals surface area contributed by atoms with E-state index in [0.29, 0.717) is 6.42 Å². The average Bonchev–Trinajstić information content (AvgIpc) is 2.24. The molecule has 20 heavy (non-hydrogen) atoms. The standard InChI is InChI=1S/C12H24O2.Na.H4O4Si.H/c1-2-3-4-5-6-7-8-9-10-11-12(13)14;;1-5(2,3)4;/h2-11H2,1H3,(H,13,14);;1-4H;. The maximum absolute atomic E-state index is 10.2. The number of aliphatic carboxylic acids is 1. The second-order valence-corrected chi connectivity index (χ2v) is 5.77. The molecular weight excluding hydrogens is 291 g/mol. The Kier molecular flexibility index (Phi) is 22.4. The van der Waals surface area contributed by atoms with Crippen LogP contribution in [0.1, 0.15) is 71.1 Å². The summed E-state index contributed by atoms with van der Waals surface area (Å²) in [5.41, 5.74) is 0. The summed E-state index contributed by atoms with van der Waals surface area (Å²) in [4.78, 5) is 39.5. The van der Waals surface area contributed by atoms with Crippen molar-refractivity contribution in [1.82, 2.24) is 0 Å². The first-order chi connectivity index (χ1) is 8.77. The summed E-state index contributed by atoms with van der Waals surface area (Å²) in [5.74, 6) is -0.659. The van der Waals surface area contributed by atoms with Gasteiger partial charge in [-0.25, -0.2) is 0 Å². The average molecular weight is 320 g/mol. The molecule has 0 aromatic heterocycles. The third-order valence-corrected chi connectivity index (χ3v) is 2.49. The molecule has 0 heterocycles. The molecule has 0 saturated heterocycles. The van der Waals surface area contributed by atoms with Gasteiger partial charge in [-0.1, -0.05) is 58.3 Å². The van der Waals surface area contributed by atoms with Crippen LogP contribution in [0.15, 0.2) is 0 Å². The van der Waals surface area contributed by atoms with Gasteiger partial charge >= 0.3 is 44.6 Å². The van der Waals surface area contributed by atoms with Gasteiger partial charge in [0.15, 0.2) is 0 Å². The Balaban J connectivity index is -0.000000414. The van der Waals surface area contributed by atoms with E-state index in [-0.39, 0.29) is 29.6 Å². The van der Waals surface area contributed by atoms with Crippen molar-refractivity contribution in [3.05, 3.63) is 0 Å². The van der Waals surface area contributed by atoms with Gasteiger partial charge in [0.25, 0.3) is 0 Å². The van der Waals surface area contributed by atoms with Crippen LogP contribution in [-0.4, -0.2) is 68.9 Å². The number of rotatable bonds is 10. The Bertz CT molecular complexity index is 205. The monoisotopic (exact) mass is 320 g/mol. The van der Waals surface area contributed by atoms with Crippen molar-refractivity contribution in [3.63, 3.8) is 0 Å². The third kappa shape index (κ3) is 42.8. The quantitative estimate of drug-likeness (QED) is 0.299.